The van der Waals surface area contributed by atoms with E-state index in [1.54, 1.807) is 18.3 Å². The third-order valence-corrected chi connectivity index (χ3v) is 7.30. The Morgan fingerprint density at radius 1 is 1.20 bits per heavy atom. The third kappa shape index (κ3) is 5.91. The molecule has 3 rings (SSSR count). The topological polar surface area (TPSA) is 81.3 Å². The number of rotatable bonds is 11. The van der Waals surface area contributed by atoms with Crippen molar-refractivity contribution >= 4 is 33.2 Å². The quantitative estimate of drug-likeness (QED) is 0.212. The summed E-state index contributed by atoms with van der Waals surface area (Å²) in [6.45, 7) is 3.70. The summed E-state index contributed by atoms with van der Waals surface area (Å²) >= 11 is 12.7. The Bertz CT molecular complexity index is 943. The normalized spacial score (nSPS) is 16.2. The highest BCUT2D eigenvalue weighted by atomic mass is 35.5. The van der Waals surface area contributed by atoms with Crippen molar-refractivity contribution in [1.29, 1.82) is 0 Å². The van der Waals surface area contributed by atoms with Crippen molar-refractivity contribution in [3.63, 3.8) is 0 Å². The fourth-order valence-corrected chi connectivity index (χ4v) is 5.24. The van der Waals surface area contributed by atoms with Gasteiger partial charge in [-0.2, -0.15) is 4.31 Å². The number of sulfonamides is 1. The molecule has 164 valence electrons. The van der Waals surface area contributed by atoms with Crippen LogP contribution in [0.25, 0.3) is 11.1 Å². The number of hydrogen-bond acceptors (Lipinski definition) is 6. The lowest BCUT2D eigenvalue weighted by molar-refractivity contribution is -0.291. The van der Waals surface area contributed by atoms with E-state index in [1.807, 2.05) is 19.1 Å². The van der Waals surface area contributed by atoms with Crippen molar-refractivity contribution < 1.29 is 22.9 Å². The number of nitrogens with zero attached hydrogens (tertiary/aromatic N) is 2. The second kappa shape index (κ2) is 10.4. The Morgan fingerprint density at radius 3 is 2.47 bits per heavy atom. The van der Waals surface area contributed by atoms with Crippen LogP contribution in [-0.2, 0) is 31.0 Å². The minimum atomic E-state index is -3.83. The molecule has 0 aliphatic carbocycles. The summed E-state index contributed by atoms with van der Waals surface area (Å²) in [6, 6.07) is 6.99. The largest absolute Gasteiger partial charge is 0.372 e. The van der Waals surface area contributed by atoms with Crippen LogP contribution in [0.1, 0.15) is 19.0 Å². The average Bonchev–Trinajstić information content (AvgIpc) is 3.51. The van der Waals surface area contributed by atoms with Gasteiger partial charge in [0.05, 0.1) is 36.0 Å². The molecule has 10 heteroatoms. The van der Waals surface area contributed by atoms with Crippen LogP contribution in [0.15, 0.2) is 35.4 Å². The Kier molecular flexibility index (Phi) is 8.09. The van der Waals surface area contributed by atoms with Crippen molar-refractivity contribution in [2.75, 3.05) is 33.4 Å². The van der Waals surface area contributed by atoms with Crippen LogP contribution in [0.2, 0.25) is 10.0 Å². The number of aryl methyl sites for hydroxylation is 1. The fourth-order valence-electron chi connectivity index (χ4n) is 2.88. The SMILES string of the molecule is CCOOCCCc1ccc(-c2cc(Cl)c(S(=O)(=O)N(C)C[C@H]3CO3)c(Cl)c2)cn1. The molecule has 2 aromatic rings. The fraction of sp³-hybridized carbons (Fsp3) is 0.450. The zero-order valence-electron chi connectivity index (χ0n) is 16.8. The zero-order chi connectivity index (χ0) is 21.7. The summed E-state index contributed by atoms with van der Waals surface area (Å²) in [5, 5.41) is 0.136. The van der Waals surface area contributed by atoms with Gasteiger partial charge in [-0.25, -0.2) is 18.2 Å². The molecule has 1 saturated heterocycles. The highest BCUT2D eigenvalue weighted by Crippen LogP contribution is 2.36. The van der Waals surface area contributed by atoms with E-state index in [4.69, 9.17) is 37.7 Å². The third-order valence-electron chi connectivity index (χ3n) is 4.55. The van der Waals surface area contributed by atoms with Gasteiger partial charge < -0.3 is 4.74 Å². The molecule has 2 heterocycles. The van der Waals surface area contributed by atoms with Gasteiger partial charge in [0, 0.05) is 31.0 Å². The number of ether oxygens (including phenoxy) is 1. The second-order valence-electron chi connectivity index (χ2n) is 6.88. The lowest BCUT2D eigenvalue weighted by atomic mass is 10.1. The molecule has 1 aliphatic heterocycles. The summed E-state index contributed by atoms with van der Waals surface area (Å²) in [5.41, 5.74) is 2.40. The molecule has 1 aliphatic rings. The highest BCUT2D eigenvalue weighted by Gasteiger charge is 2.32. The lowest BCUT2D eigenvalue weighted by Gasteiger charge is -2.18. The molecule has 1 aromatic carbocycles. The standard InChI is InChI=1S/C20H24Cl2N2O5S/c1-3-28-29-8-4-5-16-7-6-14(11-23-16)15-9-18(21)20(19(22)10-15)30(25,26)24(2)12-17-13-27-17/h6-7,9-11,17H,3-5,8,12-13H2,1-2H3/t17-/m0/s1. The van der Waals surface area contributed by atoms with Gasteiger partial charge in [-0.05, 0) is 43.5 Å². The van der Waals surface area contributed by atoms with Crippen LogP contribution in [0.5, 0.6) is 0 Å². The van der Waals surface area contributed by atoms with Crippen molar-refractivity contribution in [3.8, 4) is 11.1 Å². The van der Waals surface area contributed by atoms with Gasteiger partial charge in [0.25, 0.3) is 0 Å². The van der Waals surface area contributed by atoms with E-state index in [9.17, 15) is 8.42 Å². The number of pyridine rings is 1. The first-order valence-electron chi connectivity index (χ1n) is 9.59. The summed E-state index contributed by atoms with van der Waals surface area (Å²) in [6.07, 6.45) is 3.18. The van der Waals surface area contributed by atoms with E-state index >= 15 is 0 Å². The first kappa shape index (κ1) is 23.4. The number of hydrogen-bond donors (Lipinski definition) is 0. The molecule has 0 N–H and O–H groups in total. The maximum atomic E-state index is 12.9. The molecule has 0 spiro atoms. The molecule has 1 fully saturated rings. The van der Waals surface area contributed by atoms with Crippen molar-refractivity contribution in [1.82, 2.24) is 9.29 Å². The first-order valence-corrected chi connectivity index (χ1v) is 11.8. The maximum Gasteiger partial charge on any atom is 0.245 e. The van der Waals surface area contributed by atoms with Crippen LogP contribution in [0.3, 0.4) is 0 Å². The number of epoxide rings is 1. The Hall–Kier alpha value is -1.26. The predicted molar refractivity (Wildman–Crippen MR) is 115 cm³/mol. The van der Waals surface area contributed by atoms with Crippen molar-refractivity contribution in [2.24, 2.45) is 0 Å². The number of likely N-dealkylation sites (N-methyl/N-ethyl adjacent to an activating group) is 1. The maximum absolute atomic E-state index is 12.9. The van der Waals surface area contributed by atoms with Gasteiger partial charge in [-0.1, -0.05) is 29.3 Å². The molecule has 0 radical (unpaired) electrons. The zero-order valence-corrected chi connectivity index (χ0v) is 19.1. The van der Waals surface area contributed by atoms with Gasteiger partial charge in [-0.15, -0.1) is 0 Å². The second-order valence-corrected chi connectivity index (χ2v) is 9.68. The van der Waals surface area contributed by atoms with E-state index < -0.39 is 10.0 Å². The molecule has 7 nitrogen and oxygen atoms in total. The van der Waals surface area contributed by atoms with E-state index in [2.05, 4.69) is 4.98 Å². The summed E-state index contributed by atoms with van der Waals surface area (Å²) < 4.78 is 32.0. The molecule has 0 unspecified atom stereocenters. The highest BCUT2D eigenvalue weighted by molar-refractivity contribution is 7.89. The monoisotopic (exact) mass is 474 g/mol. The predicted octanol–water partition coefficient (Wildman–Crippen LogP) is 3.98. The molecule has 0 amide bonds. The molecule has 0 bridgehead atoms. The molecular formula is C20H24Cl2N2O5S. The minimum Gasteiger partial charge on any atom is -0.372 e. The van der Waals surface area contributed by atoms with Gasteiger partial charge in [0.1, 0.15) is 4.90 Å². The Labute approximate surface area is 186 Å². The molecule has 0 saturated carbocycles. The molecule has 1 aromatic heterocycles. The summed E-state index contributed by atoms with van der Waals surface area (Å²) in [7, 11) is -2.34. The molecular weight excluding hydrogens is 451 g/mol. The summed E-state index contributed by atoms with van der Waals surface area (Å²) in [5.74, 6) is 0. The van der Waals surface area contributed by atoms with Gasteiger partial charge in [0.15, 0.2) is 0 Å². The minimum absolute atomic E-state index is 0.0678. The lowest BCUT2D eigenvalue weighted by Crippen LogP contribution is -2.31. The Balaban J connectivity index is 1.73. The van der Waals surface area contributed by atoms with E-state index in [-0.39, 0.29) is 27.6 Å². The van der Waals surface area contributed by atoms with Crippen LogP contribution in [0, 0.1) is 0 Å². The van der Waals surface area contributed by atoms with Crippen LogP contribution < -0.4 is 0 Å². The van der Waals surface area contributed by atoms with Crippen LogP contribution in [-0.4, -0.2) is 57.2 Å². The van der Waals surface area contributed by atoms with Crippen molar-refractivity contribution in [2.45, 2.75) is 30.8 Å². The van der Waals surface area contributed by atoms with Crippen LogP contribution in [0.4, 0.5) is 0 Å². The van der Waals surface area contributed by atoms with E-state index in [0.29, 0.717) is 25.4 Å². The van der Waals surface area contributed by atoms with Gasteiger partial charge in [-0.3, -0.25) is 4.98 Å². The van der Waals surface area contributed by atoms with Gasteiger partial charge in [0.2, 0.25) is 10.0 Å². The molecule has 30 heavy (non-hydrogen) atoms. The van der Waals surface area contributed by atoms with Gasteiger partial charge >= 0.3 is 0 Å². The van der Waals surface area contributed by atoms with E-state index in [0.717, 1.165) is 24.1 Å². The van der Waals surface area contributed by atoms with Crippen molar-refractivity contribution in [3.05, 3.63) is 46.2 Å². The first-order chi connectivity index (χ1) is 14.3. The van der Waals surface area contributed by atoms with E-state index in [1.165, 1.54) is 11.4 Å². The smallest absolute Gasteiger partial charge is 0.245 e. The Morgan fingerprint density at radius 2 is 1.90 bits per heavy atom. The van der Waals surface area contributed by atoms with Crippen LogP contribution >= 0.6 is 23.2 Å². The number of halogens is 2. The number of aromatic nitrogens is 1. The average molecular weight is 475 g/mol. The number of benzene rings is 1. The summed E-state index contributed by atoms with van der Waals surface area (Å²) in [4.78, 5) is 14.2. The molecule has 1 atom stereocenters.